The van der Waals surface area contributed by atoms with Crippen LogP contribution >= 0.6 is 0 Å². The summed E-state index contributed by atoms with van der Waals surface area (Å²) in [7, 11) is 0. The molecule has 2 aliphatic carbocycles. The fourth-order valence-electron chi connectivity index (χ4n) is 6.35. The summed E-state index contributed by atoms with van der Waals surface area (Å²) in [5.41, 5.74) is 5.47. The van der Waals surface area contributed by atoms with Gasteiger partial charge in [0.2, 0.25) is 0 Å². The van der Waals surface area contributed by atoms with Crippen molar-refractivity contribution >= 4 is 32.7 Å². The molecule has 0 amide bonds. The Morgan fingerprint density at radius 1 is 0.475 bits per heavy atom. The lowest BCUT2D eigenvalue weighted by molar-refractivity contribution is 0.687. The minimum Gasteiger partial charge on any atom is -0.0760 e. The maximum Gasteiger partial charge on any atom is 0.0629 e. The molecule has 0 nitrogen and oxygen atoms in total. The molecular weight excluding hydrogens is 480 g/mol. The average Bonchev–Trinajstić information content (AvgIpc) is 3.11. The summed E-state index contributed by atoms with van der Waals surface area (Å²) >= 11 is 0. The monoisotopic (exact) mass is 515 g/mol. The van der Waals surface area contributed by atoms with Crippen molar-refractivity contribution in [3.05, 3.63) is 179 Å². The van der Waals surface area contributed by atoms with Crippen LogP contribution in [0.2, 0.25) is 0 Å². The van der Waals surface area contributed by atoms with Gasteiger partial charge >= 0.3 is 0 Å². The molecule has 0 heteroatoms. The highest BCUT2D eigenvalue weighted by atomic mass is 14.3. The first kappa shape index (κ1) is 16.9. The van der Waals surface area contributed by atoms with Crippen LogP contribution in [-0.4, -0.2) is 0 Å². The molecule has 0 saturated heterocycles. The molecule has 8 rings (SSSR count). The van der Waals surface area contributed by atoms with Crippen LogP contribution in [-0.2, 0) is 0 Å². The molecule has 0 spiro atoms. The molecule has 2 unspecified atom stereocenters. The standard InChI is InChI=1S/C40H28/c1-2-12-31-26-32(25-22-27(31)10-1)28-20-23-30(24-21-28)39-35-15-5-7-17-37(35)40(38-18-8-6-16-36(38)39)34-19-9-13-29-11-3-4-14-33(29)34/h1-26,35,37H/i3D,4D,9D,11D,13D,14D,19D. The summed E-state index contributed by atoms with van der Waals surface area (Å²) in [5.74, 6) is -0.405. The van der Waals surface area contributed by atoms with Crippen molar-refractivity contribution in [2.45, 2.75) is 0 Å². The molecule has 0 aromatic heterocycles. The number of benzene rings is 6. The van der Waals surface area contributed by atoms with E-state index < -0.39 is 12.1 Å². The lowest BCUT2D eigenvalue weighted by Gasteiger charge is -2.33. The summed E-state index contributed by atoms with van der Waals surface area (Å²) < 4.78 is 60.8. The molecule has 6 aromatic rings. The topological polar surface area (TPSA) is 0 Å². The Balaban J connectivity index is 1.42. The summed E-state index contributed by atoms with van der Waals surface area (Å²) in [4.78, 5) is 0. The quantitative estimate of drug-likeness (QED) is 0.222. The van der Waals surface area contributed by atoms with E-state index in [2.05, 4.69) is 72.8 Å². The third kappa shape index (κ3) is 3.68. The van der Waals surface area contributed by atoms with Gasteiger partial charge in [0, 0.05) is 11.8 Å². The Kier molecular flexibility index (Phi) is 3.95. The van der Waals surface area contributed by atoms with E-state index in [1.54, 1.807) is 0 Å². The van der Waals surface area contributed by atoms with Gasteiger partial charge in [-0.3, -0.25) is 0 Å². The van der Waals surface area contributed by atoms with Crippen LogP contribution in [0.1, 0.15) is 20.7 Å². The minimum absolute atomic E-state index is 0.0251. The van der Waals surface area contributed by atoms with Gasteiger partial charge in [0.25, 0.3) is 0 Å². The Morgan fingerprint density at radius 2 is 1.10 bits per heavy atom. The molecule has 188 valence electrons. The first-order valence-corrected chi connectivity index (χ1v) is 13.5. The molecule has 0 heterocycles. The molecule has 2 atom stereocenters. The second kappa shape index (κ2) is 9.36. The first-order chi connectivity index (χ1) is 22.8. The Labute approximate surface area is 244 Å². The van der Waals surface area contributed by atoms with E-state index in [1.165, 1.54) is 10.8 Å². The van der Waals surface area contributed by atoms with Crippen molar-refractivity contribution in [3.63, 3.8) is 0 Å². The van der Waals surface area contributed by atoms with Gasteiger partial charge in [0.15, 0.2) is 0 Å². The smallest absolute Gasteiger partial charge is 0.0629 e. The van der Waals surface area contributed by atoms with Crippen molar-refractivity contribution in [2.75, 3.05) is 0 Å². The van der Waals surface area contributed by atoms with E-state index in [9.17, 15) is 0 Å². The lowest BCUT2D eigenvalue weighted by atomic mass is 9.69. The number of fused-ring (bicyclic) bond motifs is 4. The molecule has 0 N–H and O–H groups in total. The zero-order chi connectivity index (χ0) is 32.6. The Bertz CT molecular complexity index is 2480. The van der Waals surface area contributed by atoms with Crippen LogP contribution in [0, 0.1) is 11.8 Å². The Morgan fingerprint density at radius 3 is 1.93 bits per heavy atom. The van der Waals surface area contributed by atoms with Crippen molar-refractivity contribution in [2.24, 2.45) is 11.8 Å². The van der Waals surface area contributed by atoms with Crippen LogP contribution in [0.5, 0.6) is 0 Å². The van der Waals surface area contributed by atoms with Crippen molar-refractivity contribution in [1.29, 1.82) is 0 Å². The highest BCUT2D eigenvalue weighted by Gasteiger charge is 2.32. The predicted octanol–water partition coefficient (Wildman–Crippen LogP) is 8.43. The highest BCUT2D eigenvalue weighted by Crippen LogP contribution is 2.42. The van der Waals surface area contributed by atoms with Crippen molar-refractivity contribution in [1.82, 2.24) is 0 Å². The van der Waals surface area contributed by atoms with Gasteiger partial charge in [-0.2, -0.15) is 0 Å². The lowest BCUT2D eigenvalue weighted by Crippen LogP contribution is -2.40. The van der Waals surface area contributed by atoms with Crippen LogP contribution in [0.3, 0.4) is 0 Å². The van der Waals surface area contributed by atoms with Gasteiger partial charge in [-0.1, -0.05) is 152 Å². The van der Waals surface area contributed by atoms with Crippen LogP contribution < -0.4 is 10.4 Å². The second-order valence-corrected chi connectivity index (χ2v) is 10.3. The molecule has 2 aliphatic rings. The fourth-order valence-corrected chi connectivity index (χ4v) is 6.35. The van der Waals surface area contributed by atoms with E-state index >= 15 is 0 Å². The number of hydrogen-bond acceptors (Lipinski definition) is 0. The molecule has 0 aliphatic heterocycles. The van der Waals surface area contributed by atoms with E-state index in [4.69, 9.17) is 9.60 Å². The largest absolute Gasteiger partial charge is 0.0760 e. The van der Waals surface area contributed by atoms with Crippen molar-refractivity contribution < 1.29 is 9.60 Å². The van der Waals surface area contributed by atoms with Gasteiger partial charge in [0.05, 0.1) is 9.60 Å². The third-order valence-electron chi connectivity index (χ3n) is 8.17. The second-order valence-electron chi connectivity index (χ2n) is 10.3. The van der Waals surface area contributed by atoms with Gasteiger partial charge in [-0.15, -0.1) is 0 Å². The summed E-state index contributed by atoms with van der Waals surface area (Å²) in [6, 6.07) is 29.0. The summed E-state index contributed by atoms with van der Waals surface area (Å²) in [6.45, 7) is 0. The van der Waals surface area contributed by atoms with E-state index in [0.717, 1.165) is 38.3 Å². The molecule has 0 bridgehead atoms. The fraction of sp³-hybridized carbons (Fsp3) is 0.0500. The van der Waals surface area contributed by atoms with Crippen LogP contribution in [0.25, 0.3) is 43.8 Å². The molecule has 0 fully saturated rings. The maximum atomic E-state index is 9.13. The van der Waals surface area contributed by atoms with Crippen molar-refractivity contribution in [3.8, 4) is 11.1 Å². The predicted molar refractivity (Wildman–Crippen MR) is 169 cm³/mol. The van der Waals surface area contributed by atoms with E-state index in [-0.39, 0.29) is 52.8 Å². The molecular formula is C40H28. The van der Waals surface area contributed by atoms with Gasteiger partial charge in [-0.25, -0.2) is 0 Å². The summed E-state index contributed by atoms with van der Waals surface area (Å²) in [6.07, 6.45) is 8.21. The number of rotatable bonds is 3. The van der Waals surface area contributed by atoms with Gasteiger partial charge < -0.3 is 0 Å². The molecule has 0 radical (unpaired) electrons. The third-order valence-corrected chi connectivity index (χ3v) is 8.17. The maximum absolute atomic E-state index is 9.13. The summed E-state index contributed by atoms with van der Waals surface area (Å²) in [5, 5.41) is 4.31. The first-order valence-electron chi connectivity index (χ1n) is 17.0. The average molecular weight is 516 g/mol. The zero-order valence-electron chi connectivity index (χ0n) is 28.6. The van der Waals surface area contributed by atoms with E-state index in [1.807, 2.05) is 42.5 Å². The normalized spacial score (nSPS) is 20.1. The molecule has 0 saturated carbocycles. The SMILES string of the molecule is [2H]c1c([2H])c([2H])c2c(C3=c4ccccc4=C(c4ccc(-c5ccc6ccccc6c5)cc4)C4C=CC=CC34)c([2H])c([2H])c([2H])c2c1[2H]. The molecule has 40 heavy (non-hydrogen) atoms. The highest BCUT2D eigenvalue weighted by molar-refractivity contribution is 5.96. The zero-order valence-corrected chi connectivity index (χ0v) is 21.6. The number of hydrogen-bond donors (Lipinski definition) is 0. The van der Waals surface area contributed by atoms with Gasteiger partial charge in [0.1, 0.15) is 0 Å². The molecule has 6 aromatic carbocycles. The number of allylic oxidation sites excluding steroid dienone is 4. The van der Waals surface area contributed by atoms with Crippen LogP contribution in [0.15, 0.2) is 158 Å². The Hall–Kier alpha value is -4.94. The van der Waals surface area contributed by atoms with Gasteiger partial charge in [-0.05, 0) is 71.4 Å². The van der Waals surface area contributed by atoms with Crippen LogP contribution in [0.4, 0.5) is 0 Å². The van der Waals surface area contributed by atoms with E-state index in [0.29, 0.717) is 5.56 Å². The minimum atomic E-state index is -0.450.